The van der Waals surface area contributed by atoms with Crippen molar-refractivity contribution in [3.63, 3.8) is 0 Å². The van der Waals surface area contributed by atoms with Crippen molar-refractivity contribution >= 4 is 0 Å². The van der Waals surface area contributed by atoms with Gasteiger partial charge in [0.1, 0.15) is 0 Å². The molecule has 0 heterocycles. The highest BCUT2D eigenvalue weighted by Crippen LogP contribution is 1.91. The van der Waals surface area contributed by atoms with Crippen molar-refractivity contribution in [2.45, 2.75) is 19.3 Å². The van der Waals surface area contributed by atoms with Crippen LogP contribution in [0.5, 0.6) is 0 Å². The Morgan fingerprint density at radius 3 is 2.50 bits per heavy atom. The Hall–Kier alpha value is -0.560. The second-order valence-electron chi connectivity index (χ2n) is 2.23. The highest BCUT2D eigenvalue weighted by atomic mass is 14.8. The number of hydrogen-bond acceptors (Lipinski definition) is 1. The fraction of sp³-hybridized carbons (Fsp3) is 0.556. The molecule has 0 aliphatic heterocycles. The first-order valence-electron chi connectivity index (χ1n) is 3.82. The second-order valence-corrected chi connectivity index (χ2v) is 2.23. The maximum atomic E-state index is 3.65. The van der Waals surface area contributed by atoms with Gasteiger partial charge in [0, 0.05) is 0 Å². The Labute approximate surface area is 63.8 Å². The van der Waals surface area contributed by atoms with E-state index in [4.69, 9.17) is 0 Å². The number of hydrogen-bond donors (Lipinski definition) is 1. The fourth-order valence-corrected chi connectivity index (χ4v) is 0.677. The van der Waals surface area contributed by atoms with Gasteiger partial charge in [-0.1, -0.05) is 18.2 Å². The molecule has 0 bridgehead atoms. The zero-order chi connectivity index (χ0) is 7.66. The molecule has 0 aromatic carbocycles. The molecule has 0 aromatic heterocycles. The van der Waals surface area contributed by atoms with Crippen LogP contribution in [0.1, 0.15) is 19.3 Å². The molecule has 0 saturated carbocycles. The number of unbranched alkanes of at least 4 members (excludes halogenated alkanes) is 1. The highest BCUT2D eigenvalue weighted by Gasteiger charge is 1.76. The van der Waals surface area contributed by atoms with Crippen LogP contribution in [0.4, 0.5) is 0 Å². The topological polar surface area (TPSA) is 12.0 Å². The van der Waals surface area contributed by atoms with Crippen LogP contribution in [-0.2, 0) is 0 Å². The summed E-state index contributed by atoms with van der Waals surface area (Å²) < 4.78 is 0. The van der Waals surface area contributed by atoms with E-state index >= 15 is 0 Å². The van der Waals surface area contributed by atoms with Gasteiger partial charge in [0.05, 0.1) is 0 Å². The van der Waals surface area contributed by atoms with Crippen molar-refractivity contribution < 1.29 is 0 Å². The van der Waals surface area contributed by atoms with Gasteiger partial charge in [-0.05, 0) is 32.9 Å². The molecular weight excluding hydrogens is 122 g/mol. The maximum Gasteiger partial charge on any atom is -0.00173 e. The van der Waals surface area contributed by atoms with Gasteiger partial charge in [-0.3, -0.25) is 0 Å². The molecule has 0 saturated heterocycles. The Bertz CT molecular complexity index is 94.9. The first kappa shape index (κ1) is 9.44. The van der Waals surface area contributed by atoms with E-state index < -0.39 is 0 Å². The minimum atomic E-state index is 1.07. The molecule has 0 unspecified atom stereocenters. The Balaban J connectivity index is 2.96. The molecular formula is C9H17N. The molecule has 0 radical (unpaired) electrons. The van der Waals surface area contributed by atoms with E-state index in [9.17, 15) is 0 Å². The molecule has 0 atom stereocenters. The predicted molar refractivity (Wildman–Crippen MR) is 47.1 cm³/mol. The monoisotopic (exact) mass is 139 g/mol. The third-order valence-corrected chi connectivity index (χ3v) is 1.27. The quantitative estimate of drug-likeness (QED) is 0.439. The molecule has 0 rings (SSSR count). The minimum Gasteiger partial charge on any atom is -0.319 e. The lowest BCUT2D eigenvalue weighted by Crippen LogP contribution is -2.05. The van der Waals surface area contributed by atoms with E-state index in [1.807, 2.05) is 13.1 Å². The zero-order valence-electron chi connectivity index (χ0n) is 6.77. The number of rotatable bonds is 6. The predicted octanol–water partition coefficient (Wildman–Crippen LogP) is 2.12. The van der Waals surface area contributed by atoms with Crippen molar-refractivity contribution in [2.24, 2.45) is 0 Å². The average Bonchev–Trinajstić information content (AvgIpc) is 1.97. The standard InChI is InChI=1S/C9H17N/c1-3-4-5-6-7-8-9-10-2/h3,6-7,10H,1,4-5,8-9H2,2H3. The molecule has 0 aliphatic carbocycles. The van der Waals surface area contributed by atoms with E-state index in [1.165, 1.54) is 0 Å². The van der Waals surface area contributed by atoms with Crippen LogP contribution < -0.4 is 5.32 Å². The molecule has 0 fully saturated rings. The van der Waals surface area contributed by atoms with Gasteiger partial charge in [0.2, 0.25) is 0 Å². The summed E-state index contributed by atoms with van der Waals surface area (Å²) in [6.45, 7) is 4.72. The van der Waals surface area contributed by atoms with Crippen molar-refractivity contribution in [1.82, 2.24) is 5.32 Å². The van der Waals surface area contributed by atoms with E-state index in [0.29, 0.717) is 0 Å². The first-order chi connectivity index (χ1) is 4.91. The summed E-state index contributed by atoms with van der Waals surface area (Å²) >= 11 is 0. The SMILES string of the molecule is C=CCCC=CCCNC. The third-order valence-electron chi connectivity index (χ3n) is 1.27. The number of nitrogens with one attached hydrogen (secondary N) is 1. The minimum absolute atomic E-state index is 1.07. The number of allylic oxidation sites excluding steroid dienone is 2. The molecule has 58 valence electrons. The molecule has 0 spiro atoms. The lowest BCUT2D eigenvalue weighted by Gasteiger charge is -1.90. The van der Waals surface area contributed by atoms with Gasteiger partial charge in [-0.15, -0.1) is 6.58 Å². The van der Waals surface area contributed by atoms with E-state index in [0.717, 1.165) is 25.8 Å². The van der Waals surface area contributed by atoms with Crippen LogP contribution >= 0.6 is 0 Å². The molecule has 0 aliphatic rings. The zero-order valence-corrected chi connectivity index (χ0v) is 6.77. The molecule has 0 amide bonds. The normalized spacial score (nSPS) is 10.5. The van der Waals surface area contributed by atoms with Crippen LogP contribution in [0.3, 0.4) is 0 Å². The van der Waals surface area contributed by atoms with Gasteiger partial charge in [0.25, 0.3) is 0 Å². The van der Waals surface area contributed by atoms with Crippen molar-refractivity contribution in [3.8, 4) is 0 Å². The third kappa shape index (κ3) is 7.44. The lowest BCUT2D eigenvalue weighted by atomic mass is 10.2. The summed E-state index contributed by atoms with van der Waals surface area (Å²) in [5.74, 6) is 0. The van der Waals surface area contributed by atoms with Crippen molar-refractivity contribution in [3.05, 3.63) is 24.8 Å². The summed E-state index contributed by atoms with van der Waals surface area (Å²) in [6.07, 6.45) is 9.72. The van der Waals surface area contributed by atoms with Crippen molar-refractivity contribution in [2.75, 3.05) is 13.6 Å². The van der Waals surface area contributed by atoms with E-state index in [-0.39, 0.29) is 0 Å². The van der Waals surface area contributed by atoms with Gasteiger partial charge < -0.3 is 5.32 Å². The van der Waals surface area contributed by atoms with Gasteiger partial charge in [-0.2, -0.15) is 0 Å². The van der Waals surface area contributed by atoms with E-state index in [1.54, 1.807) is 0 Å². The molecule has 1 N–H and O–H groups in total. The van der Waals surface area contributed by atoms with Gasteiger partial charge >= 0.3 is 0 Å². The van der Waals surface area contributed by atoms with Gasteiger partial charge in [-0.25, -0.2) is 0 Å². The summed E-state index contributed by atoms with van der Waals surface area (Å²) in [5.41, 5.74) is 0. The Morgan fingerprint density at radius 1 is 1.20 bits per heavy atom. The van der Waals surface area contributed by atoms with Crippen LogP contribution in [-0.4, -0.2) is 13.6 Å². The van der Waals surface area contributed by atoms with Gasteiger partial charge in [0.15, 0.2) is 0 Å². The molecule has 1 heteroatoms. The van der Waals surface area contributed by atoms with Crippen LogP contribution in [0.15, 0.2) is 24.8 Å². The lowest BCUT2D eigenvalue weighted by molar-refractivity contribution is 0.805. The fourth-order valence-electron chi connectivity index (χ4n) is 0.677. The maximum absolute atomic E-state index is 3.65. The first-order valence-corrected chi connectivity index (χ1v) is 3.82. The smallest absolute Gasteiger partial charge is 0.00173 e. The molecule has 0 aromatic rings. The summed E-state index contributed by atoms with van der Waals surface area (Å²) in [5, 5.41) is 3.09. The van der Waals surface area contributed by atoms with Crippen LogP contribution in [0, 0.1) is 0 Å². The second kappa shape index (κ2) is 8.44. The van der Waals surface area contributed by atoms with Crippen molar-refractivity contribution in [1.29, 1.82) is 0 Å². The summed E-state index contributed by atoms with van der Waals surface area (Å²) in [7, 11) is 1.97. The Kier molecular flexibility index (Phi) is 7.97. The van der Waals surface area contributed by atoms with Crippen LogP contribution in [0.25, 0.3) is 0 Å². The van der Waals surface area contributed by atoms with Crippen LogP contribution in [0.2, 0.25) is 0 Å². The summed E-state index contributed by atoms with van der Waals surface area (Å²) in [4.78, 5) is 0. The highest BCUT2D eigenvalue weighted by molar-refractivity contribution is 4.84. The average molecular weight is 139 g/mol. The van der Waals surface area contributed by atoms with E-state index in [2.05, 4.69) is 24.0 Å². The Morgan fingerprint density at radius 2 is 1.90 bits per heavy atom. The largest absolute Gasteiger partial charge is 0.319 e. The molecule has 1 nitrogen and oxygen atoms in total. The molecule has 10 heavy (non-hydrogen) atoms. The summed E-state index contributed by atoms with van der Waals surface area (Å²) in [6, 6.07) is 0.